The van der Waals surface area contributed by atoms with Crippen molar-refractivity contribution in [2.24, 2.45) is 0 Å². The van der Waals surface area contributed by atoms with Crippen LogP contribution in [0.5, 0.6) is 5.75 Å². The van der Waals surface area contributed by atoms with Gasteiger partial charge in [0.25, 0.3) is 11.5 Å². The average Bonchev–Trinajstić information content (AvgIpc) is 2.34. The maximum atomic E-state index is 11.9. The lowest BCUT2D eigenvalue weighted by Gasteiger charge is -2.14. The predicted octanol–water partition coefficient (Wildman–Crippen LogP) is 3.48. The molecule has 0 fully saturated rings. The van der Waals surface area contributed by atoms with Crippen molar-refractivity contribution >= 4 is 32.7 Å². The van der Waals surface area contributed by atoms with Crippen molar-refractivity contribution in [1.29, 1.82) is 0 Å². The van der Waals surface area contributed by atoms with Gasteiger partial charge < -0.3 is 14.8 Å². The third-order valence-corrected chi connectivity index (χ3v) is 3.24. The van der Waals surface area contributed by atoms with E-state index in [1.807, 2.05) is 32.9 Å². The number of ether oxygens (including phenoxy) is 1. The number of pyridine rings is 1. The number of nitrogens with one attached hydrogen (secondary N) is 1. The first-order chi connectivity index (χ1) is 9.73. The summed E-state index contributed by atoms with van der Waals surface area (Å²) >= 11 is 3.47. The zero-order chi connectivity index (χ0) is 16.2. The molecule has 0 radical (unpaired) electrons. The zero-order valence-corrected chi connectivity index (χ0v) is 13.9. The fourth-order valence-corrected chi connectivity index (χ4v) is 2.39. The van der Waals surface area contributed by atoms with E-state index in [9.17, 15) is 4.79 Å². The molecule has 5 nitrogen and oxygen atoms in total. The molecule has 0 bridgehead atoms. The number of carboxylic acids is 1. The van der Waals surface area contributed by atoms with Crippen LogP contribution < -0.4 is 10.3 Å². The number of aromatic amines is 1. The Morgan fingerprint density at radius 3 is 2.52 bits per heavy atom. The molecule has 2 rings (SSSR count). The van der Waals surface area contributed by atoms with Gasteiger partial charge in [-0.1, -0.05) is 15.9 Å². The summed E-state index contributed by atoms with van der Waals surface area (Å²) in [5.41, 5.74) is 0.786. The molecular weight excluding hydrogens is 338 g/mol. The molecule has 0 aliphatic rings. The van der Waals surface area contributed by atoms with Crippen molar-refractivity contribution in [2.75, 3.05) is 0 Å². The van der Waals surface area contributed by atoms with Gasteiger partial charge in [0.15, 0.2) is 0 Å². The highest BCUT2D eigenvalue weighted by molar-refractivity contribution is 9.10. The van der Waals surface area contributed by atoms with E-state index in [1.165, 1.54) is 0 Å². The highest BCUT2D eigenvalue weighted by atomic mass is 79.9. The van der Waals surface area contributed by atoms with E-state index >= 15 is 0 Å². The number of carbonyl (C=O) groups is 1. The van der Waals surface area contributed by atoms with Crippen molar-refractivity contribution < 1.29 is 14.6 Å². The molecule has 0 aliphatic carbocycles. The normalized spacial score (nSPS) is 10.2. The van der Waals surface area contributed by atoms with Crippen LogP contribution in [-0.2, 0) is 4.79 Å². The van der Waals surface area contributed by atoms with E-state index in [2.05, 4.69) is 20.9 Å². The first-order valence-corrected chi connectivity index (χ1v) is 7.20. The lowest BCUT2D eigenvalue weighted by atomic mass is 10.1. The average molecular weight is 356 g/mol. The molecule has 21 heavy (non-hydrogen) atoms. The van der Waals surface area contributed by atoms with Crippen LogP contribution in [-0.4, -0.2) is 22.2 Å². The first-order valence-electron chi connectivity index (χ1n) is 6.40. The molecule has 2 N–H and O–H groups in total. The highest BCUT2D eigenvalue weighted by Crippen LogP contribution is 2.32. The van der Waals surface area contributed by atoms with Gasteiger partial charge in [-0.05, 0) is 32.9 Å². The molecule has 0 atom stereocenters. The van der Waals surface area contributed by atoms with Crippen LogP contribution in [0.2, 0.25) is 0 Å². The monoisotopic (exact) mass is 355 g/mol. The molecule has 1 heterocycles. The van der Waals surface area contributed by atoms with Crippen LogP contribution in [0.3, 0.4) is 0 Å². The second-order valence-corrected chi connectivity index (χ2v) is 5.62. The van der Waals surface area contributed by atoms with E-state index < -0.39 is 5.97 Å². The van der Waals surface area contributed by atoms with E-state index in [0.717, 1.165) is 28.1 Å². The van der Waals surface area contributed by atoms with Crippen molar-refractivity contribution in [1.82, 2.24) is 4.98 Å². The Balaban J connectivity index is 0.000000491. The largest absolute Gasteiger partial charge is 0.491 e. The maximum absolute atomic E-state index is 11.9. The fourth-order valence-electron chi connectivity index (χ4n) is 1.85. The maximum Gasteiger partial charge on any atom is 0.300 e. The standard InChI is InChI=1S/C13H14BrNO2.C2H4O2/c1-7(2)17-11-6-10(14)9-4-5-15-13(16)12(9)8(11)3;1-2(3)4/h4-7H,1-3H3,(H,15,16);1H3,(H,3,4). The number of aromatic nitrogens is 1. The van der Waals surface area contributed by atoms with Crippen LogP contribution >= 0.6 is 15.9 Å². The number of aryl methyl sites for hydroxylation is 1. The number of fused-ring (bicyclic) bond motifs is 1. The molecule has 0 unspecified atom stereocenters. The van der Waals surface area contributed by atoms with E-state index in [1.54, 1.807) is 6.20 Å². The number of halogens is 1. The van der Waals surface area contributed by atoms with Gasteiger partial charge in [-0.15, -0.1) is 0 Å². The van der Waals surface area contributed by atoms with Crippen molar-refractivity contribution in [3.05, 3.63) is 38.7 Å². The van der Waals surface area contributed by atoms with Crippen molar-refractivity contribution in [3.8, 4) is 5.75 Å². The van der Waals surface area contributed by atoms with Gasteiger partial charge in [0, 0.05) is 28.5 Å². The van der Waals surface area contributed by atoms with E-state index in [0.29, 0.717) is 5.39 Å². The number of H-pyrrole nitrogens is 1. The van der Waals surface area contributed by atoms with Crippen LogP contribution in [0.15, 0.2) is 27.6 Å². The van der Waals surface area contributed by atoms with Crippen LogP contribution in [0.4, 0.5) is 0 Å². The fraction of sp³-hybridized carbons (Fsp3) is 0.333. The Kier molecular flexibility index (Phi) is 5.96. The summed E-state index contributed by atoms with van der Waals surface area (Å²) in [6, 6.07) is 3.80. The molecule has 114 valence electrons. The Labute approximate surface area is 131 Å². The summed E-state index contributed by atoms with van der Waals surface area (Å²) < 4.78 is 6.58. The molecular formula is C15H18BrNO4. The number of hydrogen-bond donors (Lipinski definition) is 2. The lowest BCUT2D eigenvalue weighted by Crippen LogP contribution is -2.10. The second-order valence-electron chi connectivity index (χ2n) is 4.76. The number of benzene rings is 1. The van der Waals surface area contributed by atoms with Gasteiger partial charge in [0.05, 0.1) is 11.5 Å². The molecule has 0 aliphatic heterocycles. The molecule has 1 aromatic carbocycles. The molecule has 0 amide bonds. The van der Waals surface area contributed by atoms with Crippen molar-refractivity contribution in [2.45, 2.75) is 33.8 Å². The van der Waals surface area contributed by atoms with Gasteiger partial charge in [0.2, 0.25) is 0 Å². The molecule has 0 saturated heterocycles. The number of aliphatic carboxylic acids is 1. The van der Waals surface area contributed by atoms with E-state index in [-0.39, 0.29) is 11.7 Å². The molecule has 0 spiro atoms. The number of hydrogen-bond acceptors (Lipinski definition) is 3. The Bertz CT molecular complexity index is 703. The third kappa shape index (κ3) is 4.60. The Morgan fingerprint density at radius 1 is 1.43 bits per heavy atom. The summed E-state index contributed by atoms with van der Waals surface area (Å²) in [7, 11) is 0. The third-order valence-electron chi connectivity index (χ3n) is 2.58. The van der Waals surface area contributed by atoms with Crippen LogP contribution in [0.25, 0.3) is 10.8 Å². The van der Waals surface area contributed by atoms with Gasteiger partial charge in [0.1, 0.15) is 5.75 Å². The lowest BCUT2D eigenvalue weighted by molar-refractivity contribution is -0.134. The molecule has 1 aromatic heterocycles. The van der Waals surface area contributed by atoms with Crippen LogP contribution in [0.1, 0.15) is 26.3 Å². The zero-order valence-electron chi connectivity index (χ0n) is 12.4. The minimum atomic E-state index is -0.833. The predicted molar refractivity (Wildman–Crippen MR) is 86.1 cm³/mol. The second kappa shape index (κ2) is 7.26. The highest BCUT2D eigenvalue weighted by Gasteiger charge is 2.12. The molecule has 6 heteroatoms. The smallest absolute Gasteiger partial charge is 0.300 e. The quantitative estimate of drug-likeness (QED) is 0.864. The topological polar surface area (TPSA) is 79.4 Å². The van der Waals surface area contributed by atoms with Crippen molar-refractivity contribution in [3.63, 3.8) is 0 Å². The van der Waals surface area contributed by atoms with Gasteiger partial charge in [-0.2, -0.15) is 0 Å². The summed E-state index contributed by atoms with van der Waals surface area (Å²) in [4.78, 5) is 23.5. The van der Waals surface area contributed by atoms with E-state index in [4.69, 9.17) is 14.6 Å². The molecule has 0 saturated carbocycles. The number of rotatable bonds is 2. The first kappa shape index (κ1) is 17.2. The van der Waals surface area contributed by atoms with Gasteiger partial charge in [-0.3, -0.25) is 9.59 Å². The summed E-state index contributed by atoms with van der Waals surface area (Å²) in [5, 5.41) is 9.00. The number of carboxylic acid groups (broad SMARTS) is 1. The van der Waals surface area contributed by atoms with Crippen LogP contribution in [0, 0.1) is 6.92 Å². The van der Waals surface area contributed by atoms with Gasteiger partial charge in [-0.25, -0.2) is 0 Å². The minimum Gasteiger partial charge on any atom is -0.491 e. The summed E-state index contributed by atoms with van der Waals surface area (Å²) in [6.07, 6.45) is 1.73. The van der Waals surface area contributed by atoms with Gasteiger partial charge >= 0.3 is 0 Å². The Morgan fingerprint density at radius 2 is 2.00 bits per heavy atom. The SMILES string of the molecule is CC(=O)O.Cc1c(OC(C)C)cc(Br)c2cc[nH]c(=O)c12. The summed E-state index contributed by atoms with van der Waals surface area (Å²) in [5.74, 6) is -0.0870. The minimum absolute atomic E-state index is 0.0841. The molecule has 2 aromatic rings. The summed E-state index contributed by atoms with van der Waals surface area (Å²) in [6.45, 7) is 6.92. The Hall–Kier alpha value is -1.82.